The Kier molecular flexibility index (Phi) is 12.7. The highest BCUT2D eigenvalue weighted by atomic mass is 32.2. The summed E-state index contributed by atoms with van der Waals surface area (Å²) in [6.07, 6.45) is 7.63. The van der Waals surface area contributed by atoms with Gasteiger partial charge in [-0.1, -0.05) is 49.2 Å². The van der Waals surface area contributed by atoms with Crippen LogP contribution in [0.15, 0.2) is 89.5 Å². The molecule has 0 radical (unpaired) electrons. The number of hydrogen-bond donors (Lipinski definition) is 3. The molecule has 3 aromatic carbocycles. The summed E-state index contributed by atoms with van der Waals surface area (Å²) in [5.41, 5.74) is 3.14. The largest absolute Gasteiger partial charge is 0.494 e. The van der Waals surface area contributed by atoms with Crippen LogP contribution in [0.1, 0.15) is 69.3 Å². The standard InChI is InChI=1S/C38H39N3O6S2/c1-3-47-28-20-18-25(19-21-28)22-31(40-35(43)26-12-7-6-8-13-26)36(44)39-27-14-11-15-29(23-27)48-24-33(42)41-37-34(38(45)46-2)30-16-9-4-5-10-17-32(30)49-37/h6-8,11-15,18-23H,3-5,9-10,16-17,24H2,1-2H3,(H,39,44)(H,40,43)(H,41,42)/b31-22+. The molecule has 0 saturated heterocycles. The maximum absolute atomic E-state index is 13.5. The number of thioether (sulfide) groups is 1. The SMILES string of the molecule is CCOc1ccc(/C=C(/NC(=O)c2ccccc2)C(=O)Nc2cccc(SCC(=O)Nc3sc4c(c3C(=O)OC)CCCCCC4)c2)cc1. The van der Waals surface area contributed by atoms with Crippen LogP contribution in [-0.2, 0) is 27.2 Å². The molecule has 0 fully saturated rings. The predicted octanol–water partition coefficient (Wildman–Crippen LogP) is 7.73. The van der Waals surface area contributed by atoms with Crippen molar-refractivity contribution in [2.75, 3.05) is 30.1 Å². The fourth-order valence-electron chi connectivity index (χ4n) is 5.44. The summed E-state index contributed by atoms with van der Waals surface area (Å²) in [4.78, 5) is 54.3. The second-order valence-corrected chi connectivity index (χ2v) is 13.5. The molecule has 0 spiro atoms. The molecule has 1 aliphatic carbocycles. The van der Waals surface area contributed by atoms with E-state index in [0.717, 1.165) is 53.9 Å². The van der Waals surface area contributed by atoms with E-state index in [1.165, 1.54) is 30.2 Å². The van der Waals surface area contributed by atoms with Gasteiger partial charge < -0.3 is 25.4 Å². The Balaban J connectivity index is 1.27. The molecule has 0 bridgehead atoms. The van der Waals surface area contributed by atoms with E-state index in [4.69, 9.17) is 9.47 Å². The lowest BCUT2D eigenvalue weighted by Gasteiger charge is -2.12. The van der Waals surface area contributed by atoms with Crippen LogP contribution in [0.3, 0.4) is 0 Å². The molecule has 1 heterocycles. The number of fused-ring (bicyclic) bond motifs is 1. The first kappa shape index (κ1) is 35.4. The molecule has 3 N–H and O–H groups in total. The Hall–Kier alpha value is -4.87. The lowest BCUT2D eigenvalue weighted by molar-refractivity contribution is -0.114. The third-order valence-electron chi connectivity index (χ3n) is 7.81. The van der Waals surface area contributed by atoms with Gasteiger partial charge in [0.1, 0.15) is 16.4 Å². The summed E-state index contributed by atoms with van der Waals surface area (Å²) in [5.74, 6) is -0.816. The van der Waals surface area contributed by atoms with Crippen molar-refractivity contribution < 1.29 is 28.7 Å². The number of carbonyl (C=O) groups excluding carboxylic acids is 4. The maximum Gasteiger partial charge on any atom is 0.341 e. The minimum absolute atomic E-state index is 0.0573. The zero-order valence-corrected chi connectivity index (χ0v) is 29.1. The van der Waals surface area contributed by atoms with E-state index in [9.17, 15) is 19.2 Å². The van der Waals surface area contributed by atoms with Crippen LogP contribution in [0, 0.1) is 0 Å². The van der Waals surface area contributed by atoms with Crippen molar-refractivity contribution in [3.05, 3.63) is 112 Å². The molecule has 1 aliphatic rings. The third-order valence-corrected chi connectivity index (χ3v) is 10.0. The van der Waals surface area contributed by atoms with Gasteiger partial charge in [0.25, 0.3) is 11.8 Å². The molecule has 4 aromatic rings. The molecule has 11 heteroatoms. The van der Waals surface area contributed by atoms with Gasteiger partial charge in [0.05, 0.1) is 25.0 Å². The van der Waals surface area contributed by atoms with Gasteiger partial charge in [0, 0.05) is 21.0 Å². The van der Waals surface area contributed by atoms with Gasteiger partial charge in [-0.15, -0.1) is 23.1 Å². The van der Waals surface area contributed by atoms with Gasteiger partial charge in [-0.05, 0) is 92.3 Å². The average Bonchev–Trinajstić information content (AvgIpc) is 3.43. The van der Waals surface area contributed by atoms with Crippen molar-refractivity contribution >= 4 is 63.6 Å². The van der Waals surface area contributed by atoms with E-state index in [2.05, 4.69) is 16.0 Å². The molecular formula is C38H39N3O6S2. The molecule has 254 valence electrons. The first-order chi connectivity index (χ1) is 23.8. The number of esters is 1. The second kappa shape index (κ2) is 17.5. The van der Waals surface area contributed by atoms with Gasteiger partial charge in [-0.3, -0.25) is 14.4 Å². The smallest absolute Gasteiger partial charge is 0.341 e. The molecule has 9 nitrogen and oxygen atoms in total. The third kappa shape index (κ3) is 9.84. The summed E-state index contributed by atoms with van der Waals surface area (Å²) in [7, 11) is 1.36. The molecule has 0 unspecified atom stereocenters. The van der Waals surface area contributed by atoms with Crippen molar-refractivity contribution in [2.45, 2.75) is 50.3 Å². The Bertz CT molecular complexity index is 1820. The van der Waals surface area contributed by atoms with Gasteiger partial charge in [-0.25, -0.2) is 4.79 Å². The van der Waals surface area contributed by atoms with E-state index in [-0.39, 0.29) is 17.4 Å². The zero-order valence-electron chi connectivity index (χ0n) is 27.5. The topological polar surface area (TPSA) is 123 Å². The number of hydrogen-bond acceptors (Lipinski definition) is 8. The van der Waals surface area contributed by atoms with Gasteiger partial charge in [0.15, 0.2) is 0 Å². The number of aryl methyl sites for hydroxylation is 1. The molecule has 0 aliphatic heterocycles. The summed E-state index contributed by atoms with van der Waals surface area (Å²) in [6.45, 7) is 2.43. The first-order valence-corrected chi connectivity index (χ1v) is 18.0. The zero-order chi connectivity index (χ0) is 34.6. The minimum atomic E-state index is -0.512. The fraction of sp³-hybridized carbons (Fsp3) is 0.263. The predicted molar refractivity (Wildman–Crippen MR) is 195 cm³/mol. The number of benzene rings is 3. The lowest BCUT2D eigenvalue weighted by Crippen LogP contribution is -2.30. The van der Waals surface area contributed by atoms with Crippen LogP contribution in [0.5, 0.6) is 5.75 Å². The molecule has 5 rings (SSSR count). The molecule has 49 heavy (non-hydrogen) atoms. The van der Waals surface area contributed by atoms with Crippen LogP contribution >= 0.6 is 23.1 Å². The fourth-order valence-corrected chi connectivity index (χ4v) is 7.48. The van der Waals surface area contributed by atoms with E-state index in [1.807, 2.05) is 19.1 Å². The van der Waals surface area contributed by atoms with Crippen LogP contribution in [0.25, 0.3) is 6.08 Å². The van der Waals surface area contributed by atoms with Crippen molar-refractivity contribution in [2.24, 2.45) is 0 Å². The van der Waals surface area contributed by atoms with Gasteiger partial charge >= 0.3 is 5.97 Å². The van der Waals surface area contributed by atoms with Crippen LogP contribution in [0.4, 0.5) is 10.7 Å². The maximum atomic E-state index is 13.5. The molecule has 3 amide bonds. The Morgan fingerprint density at radius 3 is 2.37 bits per heavy atom. The number of carbonyl (C=O) groups is 4. The van der Waals surface area contributed by atoms with E-state index < -0.39 is 17.8 Å². The van der Waals surface area contributed by atoms with E-state index in [1.54, 1.807) is 72.8 Å². The highest BCUT2D eigenvalue weighted by molar-refractivity contribution is 8.00. The number of anilines is 2. The Morgan fingerprint density at radius 1 is 0.878 bits per heavy atom. The highest BCUT2D eigenvalue weighted by Crippen LogP contribution is 2.38. The Labute approximate surface area is 294 Å². The Morgan fingerprint density at radius 2 is 1.63 bits per heavy atom. The van der Waals surface area contributed by atoms with Gasteiger partial charge in [0.2, 0.25) is 5.91 Å². The van der Waals surface area contributed by atoms with Crippen LogP contribution in [-0.4, -0.2) is 43.2 Å². The normalized spacial score (nSPS) is 12.9. The number of thiophene rings is 1. The van der Waals surface area contributed by atoms with E-state index in [0.29, 0.717) is 39.7 Å². The van der Waals surface area contributed by atoms with Crippen molar-refractivity contribution in [3.63, 3.8) is 0 Å². The number of ether oxygens (including phenoxy) is 2. The minimum Gasteiger partial charge on any atom is -0.494 e. The van der Waals surface area contributed by atoms with Crippen LogP contribution in [0.2, 0.25) is 0 Å². The summed E-state index contributed by atoms with van der Waals surface area (Å²) in [5, 5.41) is 9.11. The number of methoxy groups -OCH3 is 1. The summed E-state index contributed by atoms with van der Waals surface area (Å²) in [6, 6.07) is 23.0. The number of rotatable bonds is 12. The first-order valence-electron chi connectivity index (χ1n) is 16.2. The summed E-state index contributed by atoms with van der Waals surface area (Å²) < 4.78 is 10.6. The quantitative estimate of drug-likeness (QED) is 0.0787. The van der Waals surface area contributed by atoms with Crippen molar-refractivity contribution in [1.29, 1.82) is 0 Å². The monoisotopic (exact) mass is 697 g/mol. The lowest BCUT2D eigenvalue weighted by atomic mass is 9.96. The van der Waals surface area contributed by atoms with Gasteiger partial charge in [-0.2, -0.15) is 0 Å². The molecule has 0 saturated carbocycles. The highest BCUT2D eigenvalue weighted by Gasteiger charge is 2.26. The molecule has 0 atom stereocenters. The second-order valence-electron chi connectivity index (χ2n) is 11.3. The number of amides is 3. The van der Waals surface area contributed by atoms with E-state index >= 15 is 0 Å². The number of nitrogens with one attached hydrogen (secondary N) is 3. The summed E-state index contributed by atoms with van der Waals surface area (Å²) >= 11 is 2.77. The van der Waals surface area contributed by atoms with Crippen molar-refractivity contribution in [3.8, 4) is 5.75 Å². The molecular weight excluding hydrogens is 659 g/mol. The molecule has 1 aromatic heterocycles. The van der Waals surface area contributed by atoms with Crippen LogP contribution < -0.4 is 20.7 Å². The van der Waals surface area contributed by atoms with Crippen molar-refractivity contribution in [1.82, 2.24) is 5.32 Å². The average molecular weight is 698 g/mol.